The molecule has 1 atom stereocenters. The van der Waals surface area contributed by atoms with Crippen LogP contribution in [-0.4, -0.2) is 27.3 Å². The van der Waals surface area contributed by atoms with Crippen LogP contribution >= 0.6 is 0 Å². The minimum Gasteiger partial charge on any atom is -0.368 e. The average molecular weight is 318 g/mol. The quantitative estimate of drug-likeness (QED) is 0.932. The number of halogens is 2. The number of hydrogen-bond donors (Lipinski definition) is 1. The van der Waals surface area contributed by atoms with Crippen LogP contribution in [0.1, 0.15) is 24.1 Å². The van der Waals surface area contributed by atoms with Crippen LogP contribution in [0.4, 0.5) is 8.78 Å². The van der Waals surface area contributed by atoms with E-state index in [2.05, 4.69) is 9.97 Å². The third kappa shape index (κ3) is 2.79. The molecule has 0 spiro atoms. The minimum absolute atomic E-state index is 0.203. The number of likely N-dealkylation sites (tertiary alicyclic amines) is 1. The lowest BCUT2D eigenvalue weighted by Crippen LogP contribution is -2.51. The molecule has 0 unspecified atom stereocenters. The fraction of sp³-hybridized carbons (Fsp3) is 0.312. The van der Waals surface area contributed by atoms with E-state index in [1.807, 2.05) is 4.90 Å². The maximum Gasteiger partial charge on any atom is 0.244 e. The van der Waals surface area contributed by atoms with Crippen LogP contribution < -0.4 is 5.73 Å². The normalized spacial score (nSPS) is 21.5. The molecule has 2 N–H and O–H groups in total. The van der Waals surface area contributed by atoms with E-state index in [9.17, 15) is 13.6 Å². The molecular weight excluding hydrogens is 302 g/mol. The molecule has 1 aliphatic rings. The van der Waals surface area contributed by atoms with Gasteiger partial charge in [-0.05, 0) is 37.1 Å². The van der Waals surface area contributed by atoms with Crippen molar-refractivity contribution in [2.45, 2.75) is 24.9 Å². The van der Waals surface area contributed by atoms with Gasteiger partial charge < -0.3 is 5.73 Å². The number of nitrogens with zero attached hydrogens (tertiary/aromatic N) is 3. The van der Waals surface area contributed by atoms with Crippen molar-refractivity contribution in [3.05, 3.63) is 59.7 Å². The summed E-state index contributed by atoms with van der Waals surface area (Å²) in [7, 11) is 0. The molecule has 23 heavy (non-hydrogen) atoms. The van der Waals surface area contributed by atoms with Crippen molar-refractivity contribution in [1.82, 2.24) is 14.9 Å². The Morgan fingerprint density at radius 1 is 1.26 bits per heavy atom. The van der Waals surface area contributed by atoms with Gasteiger partial charge >= 0.3 is 0 Å². The molecule has 2 heterocycles. The summed E-state index contributed by atoms with van der Waals surface area (Å²) >= 11 is 0. The highest BCUT2D eigenvalue weighted by atomic mass is 19.1. The lowest BCUT2D eigenvalue weighted by Gasteiger charge is -2.35. The highest BCUT2D eigenvalue weighted by Gasteiger charge is 2.48. The van der Waals surface area contributed by atoms with E-state index in [0.717, 1.165) is 12.5 Å². The zero-order valence-electron chi connectivity index (χ0n) is 12.4. The molecule has 1 aromatic heterocycles. The predicted octanol–water partition coefficient (Wildman–Crippen LogP) is 1.73. The number of benzene rings is 1. The number of amides is 1. The lowest BCUT2D eigenvalue weighted by atomic mass is 9.91. The third-order valence-electron chi connectivity index (χ3n) is 4.20. The van der Waals surface area contributed by atoms with E-state index in [1.165, 1.54) is 30.7 Å². The topological polar surface area (TPSA) is 72.1 Å². The first kappa shape index (κ1) is 15.5. The van der Waals surface area contributed by atoms with Crippen LogP contribution in [0.15, 0.2) is 36.8 Å². The smallest absolute Gasteiger partial charge is 0.244 e. The first-order valence-electron chi connectivity index (χ1n) is 7.29. The van der Waals surface area contributed by atoms with Crippen LogP contribution in [0.5, 0.6) is 0 Å². The van der Waals surface area contributed by atoms with Crippen molar-refractivity contribution in [1.29, 1.82) is 0 Å². The van der Waals surface area contributed by atoms with E-state index in [4.69, 9.17) is 5.73 Å². The highest BCUT2D eigenvalue weighted by molar-refractivity contribution is 5.86. The van der Waals surface area contributed by atoms with E-state index < -0.39 is 23.1 Å². The molecule has 0 aliphatic carbocycles. The van der Waals surface area contributed by atoms with Crippen LogP contribution in [0.25, 0.3) is 0 Å². The highest BCUT2D eigenvalue weighted by Crippen LogP contribution is 2.38. The summed E-state index contributed by atoms with van der Waals surface area (Å²) in [6.45, 7) is 0.784. The number of primary amides is 1. The van der Waals surface area contributed by atoms with Crippen molar-refractivity contribution < 1.29 is 13.6 Å². The van der Waals surface area contributed by atoms with Crippen molar-refractivity contribution in [2.75, 3.05) is 6.54 Å². The van der Waals surface area contributed by atoms with Crippen LogP contribution in [-0.2, 0) is 16.9 Å². The summed E-state index contributed by atoms with van der Waals surface area (Å²) in [4.78, 5) is 22.3. The Hall–Kier alpha value is -2.41. The lowest BCUT2D eigenvalue weighted by molar-refractivity contribution is -0.129. The fourth-order valence-corrected chi connectivity index (χ4v) is 3.22. The number of aromatic nitrogens is 2. The number of nitrogens with two attached hydrogens (primary N) is 1. The van der Waals surface area contributed by atoms with Gasteiger partial charge in [-0.3, -0.25) is 19.7 Å². The molecule has 1 aromatic carbocycles. The molecule has 0 saturated carbocycles. The Kier molecular flexibility index (Phi) is 4.04. The van der Waals surface area contributed by atoms with Gasteiger partial charge in [-0.2, -0.15) is 0 Å². The number of hydrogen-bond acceptors (Lipinski definition) is 4. The van der Waals surface area contributed by atoms with Crippen molar-refractivity contribution in [3.63, 3.8) is 0 Å². The second-order valence-corrected chi connectivity index (χ2v) is 5.62. The zero-order valence-corrected chi connectivity index (χ0v) is 12.4. The Bertz CT molecular complexity index is 705. The number of rotatable bonds is 4. The first-order chi connectivity index (χ1) is 11.0. The second-order valence-electron chi connectivity index (χ2n) is 5.62. The molecule has 1 amide bonds. The van der Waals surface area contributed by atoms with Gasteiger partial charge in [-0.1, -0.05) is 0 Å². The molecular formula is C16H16F2N4O. The van der Waals surface area contributed by atoms with Gasteiger partial charge in [0.1, 0.15) is 17.2 Å². The molecule has 1 aliphatic heterocycles. The minimum atomic E-state index is -1.10. The van der Waals surface area contributed by atoms with Crippen LogP contribution in [0, 0.1) is 11.6 Å². The number of carbonyl (C=O) groups is 1. The largest absolute Gasteiger partial charge is 0.368 e. The Balaban J connectivity index is 1.98. The maximum absolute atomic E-state index is 13.4. The number of carbonyl (C=O) groups excluding carboxylic acids is 1. The first-order valence-corrected chi connectivity index (χ1v) is 7.29. The van der Waals surface area contributed by atoms with Crippen LogP contribution in [0.2, 0.25) is 0 Å². The summed E-state index contributed by atoms with van der Waals surface area (Å²) in [5.74, 6) is -1.83. The van der Waals surface area contributed by atoms with Gasteiger partial charge in [0.15, 0.2) is 0 Å². The summed E-state index contributed by atoms with van der Waals surface area (Å²) < 4.78 is 26.8. The molecule has 7 heteroatoms. The van der Waals surface area contributed by atoms with Crippen molar-refractivity contribution in [3.8, 4) is 0 Å². The standard InChI is InChI=1S/C16H16F2N4O/c17-12-6-11(7-13(18)8-12)10-22-5-1-2-16(22,15(19)23)14-9-20-3-4-21-14/h3-4,6-9H,1-2,5,10H2,(H2,19,23)/t16-/m0/s1. The summed E-state index contributed by atoms with van der Waals surface area (Å²) in [6.07, 6.45) is 5.75. The van der Waals surface area contributed by atoms with Gasteiger partial charge in [-0.15, -0.1) is 0 Å². The predicted molar refractivity (Wildman–Crippen MR) is 78.9 cm³/mol. The maximum atomic E-state index is 13.4. The molecule has 0 bridgehead atoms. The molecule has 5 nitrogen and oxygen atoms in total. The molecule has 1 fully saturated rings. The van der Waals surface area contributed by atoms with Gasteiger partial charge in [0, 0.05) is 25.0 Å². The molecule has 0 radical (unpaired) electrons. The van der Waals surface area contributed by atoms with Crippen LogP contribution in [0.3, 0.4) is 0 Å². The molecule has 120 valence electrons. The van der Waals surface area contributed by atoms with E-state index in [-0.39, 0.29) is 6.54 Å². The SMILES string of the molecule is NC(=O)[C@@]1(c2cnccn2)CCCN1Cc1cc(F)cc(F)c1. The van der Waals surface area contributed by atoms with E-state index in [1.54, 1.807) is 0 Å². The molecule has 3 rings (SSSR count). The van der Waals surface area contributed by atoms with E-state index >= 15 is 0 Å². The molecule has 2 aromatic rings. The monoisotopic (exact) mass is 318 g/mol. The zero-order chi connectivity index (χ0) is 16.4. The Labute approximate surface area is 132 Å². The summed E-state index contributed by atoms with van der Waals surface area (Å²) in [6, 6.07) is 3.32. The second kappa shape index (κ2) is 6.00. The Morgan fingerprint density at radius 3 is 2.61 bits per heavy atom. The third-order valence-corrected chi connectivity index (χ3v) is 4.20. The van der Waals surface area contributed by atoms with Gasteiger partial charge in [0.05, 0.1) is 11.9 Å². The van der Waals surface area contributed by atoms with Crippen molar-refractivity contribution in [2.24, 2.45) is 5.73 Å². The van der Waals surface area contributed by atoms with E-state index in [0.29, 0.717) is 24.2 Å². The average Bonchev–Trinajstić information content (AvgIpc) is 2.91. The molecule has 1 saturated heterocycles. The van der Waals surface area contributed by atoms with Gasteiger partial charge in [0.2, 0.25) is 5.91 Å². The fourth-order valence-electron chi connectivity index (χ4n) is 3.22. The summed E-state index contributed by atoms with van der Waals surface area (Å²) in [5.41, 5.74) is 5.48. The summed E-state index contributed by atoms with van der Waals surface area (Å²) in [5, 5.41) is 0. The van der Waals surface area contributed by atoms with Gasteiger partial charge in [-0.25, -0.2) is 8.78 Å². The van der Waals surface area contributed by atoms with Gasteiger partial charge in [0.25, 0.3) is 0 Å². The van der Waals surface area contributed by atoms with Crippen molar-refractivity contribution >= 4 is 5.91 Å². The Morgan fingerprint density at radius 2 is 2.00 bits per heavy atom.